The number of hydrogen-bond donors (Lipinski definition) is 1. The molecule has 0 radical (unpaired) electrons. The predicted octanol–water partition coefficient (Wildman–Crippen LogP) is 3.46. The molecule has 33 heavy (non-hydrogen) atoms. The van der Waals surface area contributed by atoms with Gasteiger partial charge in [-0.05, 0) is 30.2 Å². The minimum absolute atomic E-state index is 0.184. The van der Waals surface area contributed by atoms with E-state index in [-0.39, 0.29) is 12.5 Å². The molecule has 0 fully saturated rings. The van der Waals surface area contributed by atoms with Crippen molar-refractivity contribution in [1.82, 2.24) is 25.1 Å². The summed E-state index contributed by atoms with van der Waals surface area (Å²) in [5.41, 5.74) is 3.68. The molecule has 0 spiro atoms. The SMILES string of the molecule is COCc1c(C(=O)NCCc2ccccc2)cnn1-c1nccc(-c2ccccc2OC)n1. The quantitative estimate of drug-likeness (QED) is 0.426. The van der Waals surface area contributed by atoms with Gasteiger partial charge in [-0.2, -0.15) is 9.78 Å². The summed E-state index contributed by atoms with van der Waals surface area (Å²) in [4.78, 5) is 21.9. The number of rotatable bonds is 9. The van der Waals surface area contributed by atoms with Gasteiger partial charge in [0, 0.05) is 25.4 Å². The number of carbonyl (C=O) groups excluding carboxylic acids is 1. The molecule has 2 heterocycles. The molecule has 0 bridgehead atoms. The molecule has 4 aromatic rings. The number of nitrogens with one attached hydrogen (secondary N) is 1. The van der Waals surface area contributed by atoms with Crippen LogP contribution in [0.25, 0.3) is 17.2 Å². The number of hydrogen-bond acceptors (Lipinski definition) is 6. The van der Waals surface area contributed by atoms with E-state index >= 15 is 0 Å². The van der Waals surface area contributed by atoms with Crippen LogP contribution < -0.4 is 10.1 Å². The third kappa shape index (κ3) is 5.07. The van der Waals surface area contributed by atoms with Crippen molar-refractivity contribution in [2.75, 3.05) is 20.8 Å². The highest BCUT2D eigenvalue weighted by Gasteiger charge is 2.20. The minimum atomic E-state index is -0.217. The number of ether oxygens (including phenoxy) is 2. The minimum Gasteiger partial charge on any atom is -0.496 e. The van der Waals surface area contributed by atoms with Gasteiger partial charge in [0.05, 0.1) is 36.9 Å². The first-order valence-corrected chi connectivity index (χ1v) is 10.6. The van der Waals surface area contributed by atoms with E-state index in [1.165, 1.54) is 10.9 Å². The molecule has 0 aliphatic carbocycles. The molecule has 8 heteroatoms. The standard InChI is InChI=1S/C25H25N5O3/c1-32-17-22-20(24(31)26-14-12-18-8-4-3-5-9-18)16-28-30(22)25-27-15-13-21(29-25)19-10-6-7-11-23(19)33-2/h3-11,13,15-16H,12,14,17H2,1-2H3,(H,26,31). The summed E-state index contributed by atoms with van der Waals surface area (Å²) in [6.07, 6.45) is 3.91. The number of para-hydroxylation sites is 1. The van der Waals surface area contributed by atoms with Gasteiger partial charge >= 0.3 is 0 Å². The van der Waals surface area contributed by atoms with Crippen LogP contribution in [0, 0.1) is 0 Å². The predicted molar refractivity (Wildman–Crippen MR) is 124 cm³/mol. The summed E-state index contributed by atoms with van der Waals surface area (Å²) in [6, 6.07) is 19.4. The smallest absolute Gasteiger partial charge is 0.254 e. The van der Waals surface area contributed by atoms with Crippen LogP contribution in [-0.4, -0.2) is 46.4 Å². The highest BCUT2D eigenvalue weighted by Crippen LogP contribution is 2.28. The van der Waals surface area contributed by atoms with E-state index in [0.717, 1.165) is 17.5 Å². The van der Waals surface area contributed by atoms with Crippen molar-refractivity contribution in [2.45, 2.75) is 13.0 Å². The highest BCUT2D eigenvalue weighted by molar-refractivity contribution is 5.95. The average Bonchev–Trinajstić information content (AvgIpc) is 3.28. The molecule has 0 unspecified atom stereocenters. The molecule has 1 amide bonds. The molecule has 0 atom stereocenters. The lowest BCUT2D eigenvalue weighted by Crippen LogP contribution is -2.26. The van der Waals surface area contributed by atoms with Crippen molar-refractivity contribution < 1.29 is 14.3 Å². The molecule has 1 N–H and O–H groups in total. The van der Waals surface area contributed by atoms with Crippen LogP contribution in [0.1, 0.15) is 21.6 Å². The lowest BCUT2D eigenvalue weighted by molar-refractivity contribution is 0.0948. The van der Waals surface area contributed by atoms with Crippen LogP contribution in [0.15, 0.2) is 73.1 Å². The Morgan fingerprint density at radius 3 is 2.61 bits per heavy atom. The van der Waals surface area contributed by atoms with Crippen LogP contribution >= 0.6 is 0 Å². The molecule has 0 saturated heterocycles. The van der Waals surface area contributed by atoms with Crippen molar-refractivity contribution in [2.24, 2.45) is 0 Å². The Hall–Kier alpha value is -4.04. The van der Waals surface area contributed by atoms with Crippen LogP contribution in [0.3, 0.4) is 0 Å². The molecular weight excluding hydrogens is 418 g/mol. The van der Waals surface area contributed by atoms with Gasteiger partial charge < -0.3 is 14.8 Å². The second-order valence-corrected chi connectivity index (χ2v) is 7.28. The van der Waals surface area contributed by atoms with Gasteiger partial charge in [0.25, 0.3) is 11.9 Å². The zero-order chi connectivity index (χ0) is 23.0. The number of benzene rings is 2. The normalized spacial score (nSPS) is 10.7. The molecule has 0 saturated carbocycles. The summed E-state index contributed by atoms with van der Waals surface area (Å²) in [5.74, 6) is 0.831. The topological polar surface area (TPSA) is 91.2 Å². The zero-order valence-electron chi connectivity index (χ0n) is 18.6. The number of aromatic nitrogens is 4. The summed E-state index contributed by atoms with van der Waals surface area (Å²) >= 11 is 0. The van der Waals surface area contributed by atoms with E-state index in [1.807, 2.05) is 54.6 Å². The fraction of sp³-hybridized carbons (Fsp3) is 0.200. The molecule has 2 aromatic carbocycles. The maximum Gasteiger partial charge on any atom is 0.254 e. The van der Waals surface area contributed by atoms with Gasteiger partial charge in [-0.15, -0.1) is 0 Å². The molecule has 8 nitrogen and oxygen atoms in total. The highest BCUT2D eigenvalue weighted by atomic mass is 16.5. The van der Waals surface area contributed by atoms with Crippen molar-refractivity contribution in [3.63, 3.8) is 0 Å². The maximum absolute atomic E-state index is 12.9. The Bertz CT molecular complexity index is 1220. The summed E-state index contributed by atoms with van der Waals surface area (Å²) in [7, 11) is 3.19. The summed E-state index contributed by atoms with van der Waals surface area (Å²) in [6.45, 7) is 0.698. The first-order chi connectivity index (χ1) is 16.2. The van der Waals surface area contributed by atoms with Crippen LogP contribution in [0.4, 0.5) is 0 Å². The number of amides is 1. The third-order valence-electron chi connectivity index (χ3n) is 5.15. The Kier molecular flexibility index (Phi) is 7.06. The van der Waals surface area contributed by atoms with Gasteiger partial charge in [0.2, 0.25) is 0 Å². The van der Waals surface area contributed by atoms with Gasteiger partial charge in [0.15, 0.2) is 0 Å². The fourth-order valence-electron chi connectivity index (χ4n) is 3.53. The van der Waals surface area contributed by atoms with Gasteiger partial charge in [-0.3, -0.25) is 4.79 Å². The third-order valence-corrected chi connectivity index (χ3v) is 5.15. The van der Waals surface area contributed by atoms with E-state index in [1.54, 1.807) is 26.5 Å². The van der Waals surface area contributed by atoms with Gasteiger partial charge in [0.1, 0.15) is 5.75 Å². The van der Waals surface area contributed by atoms with Crippen molar-refractivity contribution in [3.05, 3.63) is 89.9 Å². The molecule has 0 aliphatic heterocycles. The second-order valence-electron chi connectivity index (χ2n) is 7.28. The number of methoxy groups -OCH3 is 2. The van der Waals surface area contributed by atoms with E-state index in [2.05, 4.69) is 20.4 Å². The first-order valence-electron chi connectivity index (χ1n) is 10.6. The average molecular weight is 444 g/mol. The number of nitrogens with zero attached hydrogens (tertiary/aromatic N) is 4. The second kappa shape index (κ2) is 10.5. The van der Waals surface area contributed by atoms with Crippen molar-refractivity contribution in [1.29, 1.82) is 0 Å². The monoisotopic (exact) mass is 443 g/mol. The lowest BCUT2D eigenvalue weighted by atomic mass is 10.1. The molecule has 0 aliphatic rings. The van der Waals surface area contributed by atoms with E-state index in [9.17, 15) is 4.79 Å². The molecule has 4 rings (SSSR count). The Labute approximate surface area is 192 Å². The fourth-order valence-corrected chi connectivity index (χ4v) is 3.53. The van der Waals surface area contributed by atoms with Crippen LogP contribution in [0.2, 0.25) is 0 Å². The Morgan fingerprint density at radius 2 is 1.82 bits per heavy atom. The van der Waals surface area contributed by atoms with E-state index in [0.29, 0.717) is 35.2 Å². The van der Waals surface area contributed by atoms with E-state index < -0.39 is 0 Å². The van der Waals surface area contributed by atoms with E-state index in [4.69, 9.17) is 9.47 Å². The number of carbonyl (C=O) groups is 1. The van der Waals surface area contributed by atoms with Crippen molar-refractivity contribution in [3.8, 4) is 23.0 Å². The molecule has 2 aromatic heterocycles. The zero-order valence-corrected chi connectivity index (χ0v) is 18.6. The Balaban J connectivity index is 1.58. The van der Waals surface area contributed by atoms with Crippen molar-refractivity contribution >= 4 is 5.91 Å². The molecule has 168 valence electrons. The lowest BCUT2D eigenvalue weighted by Gasteiger charge is -2.11. The Morgan fingerprint density at radius 1 is 1.03 bits per heavy atom. The van der Waals surface area contributed by atoms with Gasteiger partial charge in [-0.25, -0.2) is 9.97 Å². The summed E-state index contributed by atoms with van der Waals surface area (Å²) in [5, 5.41) is 7.35. The van der Waals surface area contributed by atoms with Crippen LogP contribution in [0.5, 0.6) is 5.75 Å². The largest absolute Gasteiger partial charge is 0.496 e. The molecular formula is C25H25N5O3. The maximum atomic E-state index is 12.9. The van der Waals surface area contributed by atoms with Gasteiger partial charge in [-0.1, -0.05) is 42.5 Å². The summed E-state index contributed by atoms with van der Waals surface area (Å²) < 4.78 is 12.3. The van der Waals surface area contributed by atoms with Crippen LogP contribution in [-0.2, 0) is 17.8 Å². The first kappa shape index (κ1) is 22.2.